The Morgan fingerprint density at radius 1 is 1.19 bits per heavy atom. The number of hydrogen-bond donors (Lipinski definition) is 1. The Bertz CT molecular complexity index is 861. The molecule has 0 saturated carbocycles. The van der Waals surface area contributed by atoms with Crippen LogP contribution >= 0.6 is 12.4 Å². The molecule has 0 aliphatic rings. The third kappa shape index (κ3) is 5.57. The van der Waals surface area contributed by atoms with Crippen LogP contribution in [0, 0.1) is 12.8 Å². The maximum absolute atomic E-state index is 12.7. The van der Waals surface area contributed by atoms with Crippen molar-refractivity contribution in [3.05, 3.63) is 53.9 Å². The SMILES string of the molecule is Cc1ccc(S(=O)(=O)n2ccc(C(=O)N(C)CCC(N)C(C)C)c2)cc1.Cl. The average molecular weight is 414 g/mol. The Morgan fingerprint density at radius 2 is 1.78 bits per heavy atom. The van der Waals surface area contributed by atoms with Crippen molar-refractivity contribution in [1.29, 1.82) is 0 Å². The number of carbonyl (C=O) groups is 1. The molecule has 1 unspecified atom stereocenters. The zero-order valence-electron chi connectivity index (χ0n) is 16.1. The second-order valence-corrected chi connectivity index (χ2v) is 8.81. The van der Waals surface area contributed by atoms with Gasteiger partial charge < -0.3 is 10.6 Å². The lowest BCUT2D eigenvalue weighted by molar-refractivity contribution is 0.0789. The van der Waals surface area contributed by atoms with Crippen molar-refractivity contribution in [1.82, 2.24) is 8.87 Å². The summed E-state index contributed by atoms with van der Waals surface area (Å²) in [5.41, 5.74) is 7.33. The summed E-state index contributed by atoms with van der Waals surface area (Å²) in [5, 5.41) is 0. The minimum absolute atomic E-state index is 0. The summed E-state index contributed by atoms with van der Waals surface area (Å²) in [4.78, 5) is 14.3. The molecule has 27 heavy (non-hydrogen) atoms. The molecule has 0 aliphatic heterocycles. The van der Waals surface area contributed by atoms with E-state index in [1.54, 1.807) is 36.2 Å². The summed E-state index contributed by atoms with van der Waals surface area (Å²) >= 11 is 0. The summed E-state index contributed by atoms with van der Waals surface area (Å²) in [6, 6.07) is 8.16. The van der Waals surface area contributed by atoms with Crippen molar-refractivity contribution in [3.8, 4) is 0 Å². The van der Waals surface area contributed by atoms with Gasteiger partial charge in [0.05, 0.1) is 10.5 Å². The van der Waals surface area contributed by atoms with E-state index in [4.69, 9.17) is 5.73 Å². The first kappa shape index (κ1) is 23.2. The minimum Gasteiger partial charge on any atom is -0.342 e. The Kier molecular flexibility index (Phi) is 8.07. The fourth-order valence-corrected chi connectivity index (χ4v) is 3.68. The molecular formula is C19H28ClN3O3S. The van der Waals surface area contributed by atoms with Crippen LogP contribution in [0.2, 0.25) is 0 Å². The number of halogens is 1. The fraction of sp³-hybridized carbons (Fsp3) is 0.421. The lowest BCUT2D eigenvalue weighted by Gasteiger charge is -2.21. The van der Waals surface area contributed by atoms with Crippen LogP contribution in [0.1, 0.15) is 36.2 Å². The number of benzene rings is 1. The van der Waals surface area contributed by atoms with Crippen LogP contribution < -0.4 is 5.73 Å². The molecular weight excluding hydrogens is 386 g/mol. The van der Waals surface area contributed by atoms with Crippen LogP contribution in [-0.2, 0) is 10.0 Å². The normalized spacial score (nSPS) is 12.5. The number of nitrogens with zero attached hydrogens (tertiary/aromatic N) is 2. The van der Waals surface area contributed by atoms with E-state index >= 15 is 0 Å². The molecule has 0 saturated heterocycles. The maximum Gasteiger partial charge on any atom is 0.267 e. The maximum atomic E-state index is 12.7. The van der Waals surface area contributed by atoms with Crippen LogP contribution in [0.15, 0.2) is 47.6 Å². The molecule has 8 heteroatoms. The number of aromatic nitrogens is 1. The van der Waals surface area contributed by atoms with Gasteiger partial charge in [-0.25, -0.2) is 12.4 Å². The van der Waals surface area contributed by atoms with Gasteiger partial charge in [0, 0.05) is 32.0 Å². The molecule has 0 radical (unpaired) electrons. The van der Waals surface area contributed by atoms with Crippen LogP contribution in [0.5, 0.6) is 0 Å². The molecule has 1 atom stereocenters. The Balaban J connectivity index is 0.00000364. The molecule has 1 aromatic heterocycles. The van der Waals surface area contributed by atoms with Gasteiger partial charge in [-0.05, 0) is 37.5 Å². The molecule has 0 aliphatic carbocycles. The van der Waals surface area contributed by atoms with E-state index in [0.717, 1.165) is 9.54 Å². The molecule has 0 fully saturated rings. The number of aryl methyl sites for hydroxylation is 1. The molecule has 2 rings (SSSR count). The molecule has 0 spiro atoms. The van der Waals surface area contributed by atoms with Gasteiger partial charge in [-0.3, -0.25) is 4.79 Å². The Morgan fingerprint density at radius 3 is 2.33 bits per heavy atom. The van der Waals surface area contributed by atoms with Gasteiger partial charge in [-0.15, -0.1) is 12.4 Å². The van der Waals surface area contributed by atoms with Crippen molar-refractivity contribution in [2.75, 3.05) is 13.6 Å². The van der Waals surface area contributed by atoms with Gasteiger partial charge in [-0.2, -0.15) is 0 Å². The van der Waals surface area contributed by atoms with Crippen LogP contribution in [0.4, 0.5) is 0 Å². The van der Waals surface area contributed by atoms with Gasteiger partial charge in [0.1, 0.15) is 0 Å². The summed E-state index contributed by atoms with van der Waals surface area (Å²) in [6.07, 6.45) is 3.45. The van der Waals surface area contributed by atoms with Crippen molar-refractivity contribution in [2.24, 2.45) is 11.7 Å². The number of nitrogens with two attached hydrogens (primary N) is 1. The van der Waals surface area contributed by atoms with E-state index in [9.17, 15) is 13.2 Å². The zero-order chi connectivity index (χ0) is 19.5. The first-order valence-corrected chi connectivity index (χ1v) is 10.1. The van der Waals surface area contributed by atoms with Crippen molar-refractivity contribution in [2.45, 2.75) is 38.1 Å². The van der Waals surface area contributed by atoms with Crippen LogP contribution in [-0.4, -0.2) is 42.8 Å². The number of amides is 1. The summed E-state index contributed by atoms with van der Waals surface area (Å²) in [6.45, 7) is 6.50. The molecule has 1 heterocycles. The number of carbonyl (C=O) groups excluding carboxylic acids is 1. The fourth-order valence-electron chi connectivity index (χ4n) is 2.48. The van der Waals surface area contributed by atoms with Crippen molar-refractivity contribution in [3.63, 3.8) is 0 Å². The highest BCUT2D eigenvalue weighted by Crippen LogP contribution is 2.17. The van der Waals surface area contributed by atoms with E-state index in [-0.39, 0.29) is 29.3 Å². The Labute approximate surface area is 167 Å². The summed E-state index contributed by atoms with van der Waals surface area (Å²) in [5.74, 6) is 0.123. The molecule has 1 aromatic carbocycles. The van der Waals surface area contributed by atoms with Crippen molar-refractivity contribution >= 4 is 28.3 Å². The number of hydrogen-bond acceptors (Lipinski definition) is 4. The molecule has 1 amide bonds. The average Bonchev–Trinajstić information content (AvgIpc) is 3.09. The highest BCUT2D eigenvalue weighted by atomic mass is 35.5. The summed E-state index contributed by atoms with van der Waals surface area (Å²) in [7, 11) is -2.01. The quantitative estimate of drug-likeness (QED) is 0.756. The first-order chi connectivity index (χ1) is 12.1. The lowest BCUT2D eigenvalue weighted by atomic mass is 10.0. The van der Waals surface area contributed by atoms with Gasteiger partial charge in [0.25, 0.3) is 15.9 Å². The predicted octanol–water partition coefficient (Wildman–Crippen LogP) is 2.90. The van der Waals surface area contributed by atoms with E-state index in [2.05, 4.69) is 0 Å². The zero-order valence-corrected chi connectivity index (χ0v) is 17.8. The van der Waals surface area contributed by atoms with E-state index in [0.29, 0.717) is 24.4 Å². The molecule has 0 bridgehead atoms. The predicted molar refractivity (Wildman–Crippen MR) is 110 cm³/mol. The minimum atomic E-state index is -3.71. The lowest BCUT2D eigenvalue weighted by Crippen LogP contribution is -2.34. The summed E-state index contributed by atoms with van der Waals surface area (Å²) < 4.78 is 26.4. The van der Waals surface area contributed by atoms with Gasteiger partial charge in [0.15, 0.2) is 0 Å². The van der Waals surface area contributed by atoms with E-state index in [1.807, 2.05) is 20.8 Å². The van der Waals surface area contributed by atoms with E-state index in [1.165, 1.54) is 18.5 Å². The van der Waals surface area contributed by atoms with Gasteiger partial charge >= 0.3 is 0 Å². The van der Waals surface area contributed by atoms with E-state index < -0.39 is 10.0 Å². The standard InChI is InChI=1S/C19H27N3O3S.ClH/c1-14(2)18(20)10-11-21(4)19(23)16-9-12-22(13-16)26(24,25)17-7-5-15(3)6-8-17;/h5-9,12-14,18H,10-11,20H2,1-4H3;1H. The first-order valence-electron chi connectivity index (χ1n) is 8.64. The Hall–Kier alpha value is -1.83. The number of rotatable bonds is 7. The van der Waals surface area contributed by atoms with Gasteiger partial charge in [-0.1, -0.05) is 31.5 Å². The van der Waals surface area contributed by atoms with Crippen molar-refractivity contribution < 1.29 is 13.2 Å². The molecule has 150 valence electrons. The second kappa shape index (κ2) is 9.39. The van der Waals surface area contributed by atoms with Crippen LogP contribution in [0.3, 0.4) is 0 Å². The highest BCUT2D eigenvalue weighted by Gasteiger charge is 2.20. The molecule has 2 N–H and O–H groups in total. The second-order valence-electron chi connectivity index (χ2n) is 6.97. The highest BCUT2D eigenvalue weighted by molar-refractivity contribution is 7.90. The molecule has 2 aromatic rings. The largest absolute Gasteiger partial charge is 0.342 e. The monoisotopic (exact) mass is 413 g/mol. The third-order valence-corrected chi connectivity index (χ3v) is 6.16. The van der Waals surface area contributed by atoms with Gasteiger partial charge in [0.2, 0.25) is 0 Å². The molecule has 6 nitrogen and oxygen atoms in total. The van der Waals surface area contributed by atoms with Crippen LogP contribution in [0.25, 0.3) is 0 Å². The topological polar surface area (TPSA) is 85.4 Å². The third-order valence-electron chi connectivity index (χ3n) is 4.51. The smallest absolute Gasteiger partial charge is 0.267 e.